The number of hydrogen-bond donors (Lipinski definition) is 1. The Balaban J connectivity index is 2.40. The van der Waals surface area contributed by atoms with Crippen LogP contribution in [-0.4, -0.2) is 43.2 Å². The van der Waals surface area contributed by atoms with Crippen LogP contribution >= 0.6 is 11.8 Å². The van der Waals surface area contributed by atoms with Crippen LogP contribution < -0.4 is 4.90 Å². The molecule has 4 nitrogen and oxygen atoms in total. The fourth-order valence-corrected chi connectivity index (χ4v) is 4.97. The molecule has 1 aliphatic rings. The third-order valence-corrected chi connectivity index (χ3v) is 5.69. The van der Waals surface area contributed by atoms with E-state index >= 15 is 0 Å². The number of nitrogens with zero attached hydrogens (tertiary/aromatic N) is 1. The molecule has 1 heterocycles. The summed E-state index contributed by atoms with van der Waals surface area (Å²) in [6.07, 6.45) is 1.28. The summed E-state index contributed by atoms with van der Waals surface area (Å²) in [6, 6.07) is 7.43. The first kappa shape index (κ1) is 13.7. The van der Waals surface area contributed by atoms with E-state index in [-0.39, 0.29) is 6.61 Å². The molecule has 0 bridgehead atoms. The van der Waals surface area contributed by atoms with Gasteiger partial charge in [-0.2, -0.15) is 11.8 Å². The van der Waals surface area contributed by atoms with Crippen LogP contribution in [0.4, 0.5) is 5.69 Å². The molecule has 6 heteroatoms. The molecule has 1 aromatic carbocycles. The van der Waals surface area contributed by atoms with Gasteiger partial charge in [-0.05, 0) is 6.07 Å². The molecule has 1 aromatic rings. The molecule has 1 fully saturated rings. The molecule has 18 heavy (non-hydrogen) atoms. The molecule has 0 aliphatic carbocycles. The van der Waals surface area contributed by atoms with Crippen molar-refractivity contribution < 1.29 is 13.5 Å². The van der Waals surface area contributed by atoms with Gasteiger partial charge < -0.3 is 10.0 Å². The van der Waals surface area contributed by atoms with Crippen LogP contribution in [-0.2, 0) is 16.4 Å². The smallest absolute Gasteiger partial charge is 0.169 e. The lowest BCUT2D eigenvalue weighted by atomic mass is 10.1. The quantitative estimate of drug-likeness (QED) is 0.902. The Bertz CT molecular complexity index is 516. The maximum Gasteiger partial charge on any atom is 0.169 e. The summed E-state index contributed by atoms with van der Waals surface area (Å²) in [6.45, 7) is 0.621. The SMILES string of the molecule is CS(=O)(=O)C1CSCCN1c1ccccc1CO. The topological polar surface area (TPSA) is 57.6 Å². The lowest BCUT2D eigenvalue weighted by molar-refractivity contribution is 0.282. The second-order valence-corrected chi connectivity index (χ2v) is 7.69. The van der Waals surface area contributed by atoms with Crippen LogP contribution in [0.25, 0.3) is 0 Å². The van der Waals surface area contributed by atoms with Crippen LogP contribution in [0.3, 0.4) is 0 Å². The van der Waals surface area contributed by atoms with Crippen molar-refractivity contribution in [3.05, 3.63) is 29.8 Å². The van der Waals surface area contributed by atoms with E-state index in [9.17, 15) is 13.5 Å². The van der Waals surface area contributed by atoms with Gasteiger partial charge in [0.15, 0.2) is 9.84 Å². The molecule has 1 N–H and O–H groups in total. The number of rotatable bonds is 3. The van der Waals surface area contributed by atoms with Gasteiger partial charge in [0, 0.05) is 35.6 Å². The van der Waals surface area contributed by atoms with Gasteiger partial charge in [-0.25, -0.2) is 8.42 Å². The summed E-state index contributed by atoms with van der Waals surface area (Å²) in [5.41, 5.74) is 1.61. The molecule has 100 valence electrons. The summed E-state index contributed by atoms with van der Waals surface area (Å²) in [7, 11) is -3.12. The predicted molar refractivity (Wildman–Crippen MR) is 75.7 cm³/mol. The highest BCUT2D eigenvalue weighted by Gasteiger charge is 2.31. The Hall–Kier alpha value is -0.720. The van der Waals surface area contributed by atoms with Gasteiger partial charge in [0.25, 0.3) is 0 Å². The molecule has 0 spiro atoms. The van der Waals surface area contributed by atoms with Crippen molar-refractivity contribution in [3.63, 3.8) is 0 Å². The molecule has 0 radical (unpaired) electrons. The molecule has 1 atom stereocenters. The van der Waals surface area contributed by atoms with Crippen LogP contribution in [0.5, 0.6) is 0 Å². The van der Waals surface area contributed by atoms with Gasteiger partial charge in [0.2, 0.25) is 0 Å². The molecule has 0 amide bonds. The van der Waals surface area contributed by atoms with Crippen molar-refractivity contribution in [1.82, 2.24) is 0 Å². The number of benzene rings is 1. The molecule has 1 unspecified atom stereocenters. The molecule has 2 rings (SSSR count). The van der Waals surface area contributed by atoms with Crippen molar-refractivity contribution in [2.45, 2.75) is 12.0 Å². The second kappa shape index (κ2) is 5.50. The lowest BCUT2D eigenvalue weighted by Gasteiger charge is -2.36. The van der Waals surface area contributed by atoms with Crippen molar-refractivity contribution in [1.29, 1.82) is 0 Å². The maximum atomic E-state index is 11.9. The Kier molecular flexibility index (Phi) is 4.19. The zero-order valence-electron chi connectivity index (χ0n) is 10.2. The normalized spacial score (nSPS) is 21.0. The number of para-hydroxylation sites is 1. The molecule has 1 aliphatic heterocycles. The van der Waals surface area contributed by atoms with Crippen LogP contribution in [0.15, 0.2) is 24.3 Å². The lowest BCUT2D eigenvalue weighted by Crippen LogP contribution is -2.47. The largest absolute Gasteiger partial charge is 0.392 e. The zero-order valence-corrected chi connectivity index (χ0v) is 11.9. The van der Waals surface area contributed by atoms with Gasteiger partial charge in [-0.1, -0.05) is 18.2 Å². The van der Waals surface area contributed by atoms with Gasteiger partial charge in [-0.3, -0.25) is 0 Å². The Morgan fingerprint density at radius 1 is 1.44 bits per heavy atom. The average molecular weight is 287 g/mol. The van der Waals surface area contributed by atoms with Crippen molar-refractivity contribution in [2.24, 2.45) is 0 Å². The maximum absolute atomic E-state index is 11.9. The molecule has 0 aromatic heterocycles. The van der Waals surface area contributed by atoms with E-state index in [2.05, 4.69) is 0 Å². The van der Waals surface area contributed by atoms with Crippen molar-refractivity contribution in [2.75, 3.05) is 29.2 Å². The molecule has 1 saturated heterocycles. The van der Waals surface area contributed by atoms with Crippen molar-refractivity contribution in [3.8, 4) is 0 Å². The summed E-state index contributed by atoms with van der Waals surface area (Å²) in [4.78, 5) is 1.90. The number of hydrogen-bond acceptors (Lipinski definition) is 5. The monoisotopic (exact) mass is 287 g/mol. The zero-order chi connectivity index (χ0) is 13.2. The van der Waals surface area contributed by atoms with Crippen LogP contribution in [0, 0.1) is 0 Å². The van der Waals surface area contributed by atoms with Gasteiger partial charge in [0.05, 0.1) is 6.61 Å². The molecule has 0 saturated carbocycles. The van der Waals surface area contributed by atoms with Crippen LogP contribution in [0.2, 0.25) is 0 Å². The summed E-state index contributed by atoms with van der Waals surface area (Å²) >= 11 is 1.66. The number of aliphatic hydroxyl groups is 1. The first-order valence-electron chi connectivity index (χ1n) is 5.76. The standard InChI is InChI=1S/C12H17NO3S2/c1-18(15,16)12-9-17-7-6-13(12)11-5-3-2-4-10(11)8-14/h2-5,12,14H,6-9H2,1H3. The minimum absolute atomic E-state index is 0.0731. The fraction of sp³-hybridized carbons (Fsp3) is 0.500. The minimum Gasteiger partial charge on any atom is -0.392 e. The van der Waals surface area contributed by atoms with E-state index in [0.717, 1.165) is 17.0 Å². The number of sulfone groups is 1. The van der Waals surface area contributed by atoms with E-state index < -0.39 is 15.2 Å². The minimum atomic E-state index is -3.12. The van der Waals surface area contributed by atoms with E-state index in [4.69, 9.17) is 0 Å². The highest BCUT2D eigenvalue weighted by atomic mass is 32.2. The fourth-order valence-electron chi connectivity index (χ4n) is 2.14. The van der Waals surface area contributed by atoms with Gasteiger partial charge in [-0.15, -0.1) is 0 Å². The molecular formula is C12H17NO3S2. The second-order valence-electron chi connectivity index (χ2n) is 4.34. The third-order valence-electron chi connectivity index (χ3n) is 3.05. The number of thioether (sulfide) groups is 1. The Labute approximate surface area is 112 Å². The highest BCUT2D eigenvalue weighted by Crippen LogP contribution is 2.29. The van der Waals surface area contributed by atoms with E-state index in [1.807, 2.05) is 29.2 Å². The first-order valence-corrected chi connectivity index (χ1v) is 8.87. The molecular weight excluding hydrogens is 270 g/mol. The Morgan fingerprint density at radius 3 is 2.83 bits per heavy atom. The third kappa shape index (κ3) is 2.81. The van der Waals surface area contributed by atoms with Gasteiger partial charge in [0.1, 0.15) is 5.37 Å². The van der Waals surface area contributed by atoms with Crippen LogP contribution in [0.1, 0.15) is 5.56 Å². The average Bonchev–Trinajstić information content (AvgIpc) is 2.37. The van der Waals surface area contributed by atoms with Gasteiger partial charge >= 0.3 is 0 Å². The predicted octanol–water partition coefficient (Wildman–Crippen LogP) is 1.10. The van der Waals surface area contributed by atoms with E-state index in [1.165, 1.54) is 6.26 Å². The number of aliphatic hydroxyl groups excluding tert-OH is 1. The number of anilines is 1. The van der Waals surface area contributed by atoms with E-state index in [1.54, 1.807) is 11.8 Å². The Morgan fingerprint density at radius 2 is 2.17 bits per heavy atom. The summed E-state index contributed by atoms with van der Waals surface area (Å²) in [5.74, 6) is 1.49. The summed E-state index contributed by atoms with van der Waals surface area (Å²) in [5, 5.41) is 8.86. The highest BCUT2D eigenvalue weighted by molar-refractivity contribution is 8.01. The summed E-state index contributed by atoms with van der Waals surface area (Å²) < 4.78 is 23.7. The van der Waals surface area contributed by atoms with Crippen molar-refractivity contribution >= 4 is 27.3 Å². The van der Waals surface area contributed by atoms with E-state index in [0.29, 0.717) is 12.3 Å². The first-order chi connectivity index (χ1) is 8.54.